The van der Waals surface area contributed by atoms with Crippen molar-refractivity contribution in [1.29, 1.82) is 0 Å². The molecular formula is C17H25NO2. The maximum absolute atomic E-state index is 11.5. The minimum Gasteiger partial charge on any atom is -0.454 e. The summed E-state index contributed by atoms with van der Waals surface area (Å²) >= 11 is 0. The van der Waals surface area contributed by atoms with E-state index < -0.39 is 5.60 Å². The van der Waals surface area contributed by atoms with E-state index in [4.69, 9.17) is 4.74 Å². The Morgan fingerprint density at radius 3 is 2.45 bits per heavy atom. The average molecular weight is 275 g/mol. The van der Waals surface area contributed by atoms with Crippen LogP contribution in [0.15, 0.2) is 30.3 Å². The summed E-state index contributed by atoms with van der Waals surface area (Å²) in [5.74, 6) is -0.184. The second kappa shape index (κ2) is 6.89. The highest BCUT2D eigenvalue weighted by molar-refractivity contribution is 5.67. The Bertz CT molecular complexity index is 422. The van der Waals surface area contributed by atoms with Crippen LogP contribution in [0.4, 0.5) is 0 Å². The van der Waals surface area contributed by atoms with Crippen molar-refractivity contribution in [3.8, 4) is 0 Å². The predicted molar refractivity (Wildman–Crippen MR) is 80.5 cm³/mol. The number of rotatable bonds is 5. The first-order valence-electron chi connectivity index (χ1n) is 7.64. The average Bonchev–Trinajstić information content (AvgIpc) is 2.47. The smallest absolute Gasteiger partial charge is 0.303 e. The molecule has 0 unspecified atom stereocenters. The quantitative estimate of drug-likeness (QED) is 0.772. The summed E-state index contributed by atoms with van der Waals surface area (Å²) in [4.78, 5) is 14.0. The summed E-state index contributed by atoms with van der Waals surface area (Å²) in [5.41, 5.74) is 0.709. The van der Waals surface area contributed by atoms with E-state index in [0.29, 0.717) is 0 Å². The van der Waals surface area contributed by atoms with E-state index in [1.165, 1.54) is 19.8 Å². The molecule has 3 nitrogen and oxygen atoms in total. The van der Waals surface area contributed by atoms with Crippen LogP contribution < -0.4 is 0 Å². The minimum atomic E-state index is -0.421. The number of hydrogen-bond acceptors (Lipinski definition) is 3. The summed E-state index contributed by atoms with van der Waals surface area (Å²) in [7, 11) is 0. The fraction of sp³-hybridized carbons (Fsp3) is 0.588. The molecule has 1 aromatic rings. The van der Waals surface area contributed by atoms with E-state index in [0.717, 1.165) is 38.0 Å². The topological polar surface area (TPSA) is 29.5 Å². The normalized spacial score (nSPS) is 18.7. The summed E-state index contributed by atoms with van der Waals surface area (Å²) in [5, 5.41) is 0. The van der Waals surface area contributed by atoms with Gasteiger partial charge in [-0.25, -0.2) is 0 Å². The lowest BCUT2D eigenvalue weighted by atomic mass is 9.84. The van der Waals surface area contributed by atoms with Gasteiger partial charge in [0.25, 0.3) is 0 Å². The molecule has 0 bridgehead atoms. The third-order valence-corrected chi connectivity index (χ3v) is 4.13. The van der Waals surface area contributed by atoms with Crippen molar-refractivity contribution in [3.63, 3.8) is 0 Å². The van der Waals surface area contributed by atoms with Crippen LogP contribution in [0.3, 0.4) is 0 Å². The molecule has 110 valence electrons. The van der Waals surface area contributed by atoms with Gasteiger partial charge in [-0.15, -0.1) is 0 Å². The van der Waals surface area contributed by atoms with Crippen molar-refractivity contribution in [2.24, 2.45) is 0 Å². The standard InChI is InChI=1S/C17H25NO2/c1-3-4-12-18-13-10-17(11-14-18,20-15(2)19)16-8-6-5-7-9-16/h5-9H,3-4,10-14H2,1-2H3. The van der Waals surface area contributed by atoms with Gasteiger partial charge >= 0.3 is 5.97 Å². The van der Waals surface area contributed by atoms with Gasteiger partial charge in [-0.1, -0.05) is 43.7 Å². The Morgan fingerprint density at radius 1 is 1.25 bits per heavy atom. The summed E-state index contributed by atoms with van der Waals surface area (Å²) < 4.78 is 5.75. The zero-order chi connectivity index (χ0) is 14.4. The third-order valence-electron chi connectivity index (χ3n) is 4.13. The van der Waals surface area contributed by atoms with Crippen molar-refractivity contribution in [3.05, 3.63) is 35.9 Å². The van der Waals surface area contributed by atoms with Crippen LogP contribution in [-0.4, -0.2) is 30.5 Å². The molecule has 0 aromatic heterocycles. The Hall–Kier alpha value is -1.35. The van der Waals surface area contributed by atoms with Gasteiger partial charge in [0.2, 0.25) is 0 Å². The number of hydrogen-bond donors (Lipinski definition) is 0. The van der Waals surface area contributed by atoms with Gasteiger partial charge in [0.1, 0.15) is 5.60 Å². The number of carbonyl (C=O) groups is 1. The van der Waals surface area contributed by atoms with Crippen LogP contribution in [-0.2, 0) is 15.1 Å². The Balaban J connectivity index is 2.09. The van der Waals surface area contributed by atoms with Crippen LogP contribution in [0, 0.1) is 0 Å². The van der Waals surface area contributed by atoms with Crippen LogP contribution in [0.2, 0.25) is 0 Å². The predicted octanol–water partition coefficient (Wildman–Crippen LogP) is 3.34. The van der Waals surface area contributed by atoms with Gasteiger partial charge in [0.15, 0.2) is 0 Å². The highest BCUT2D eigenvalue weighted by Crippen LogP contribution is 2.36. The maximum Gasteiger partial charge on any atom is 0.303 e. The number of unbranched alkanes of at least 4 members (excludes halogenated alkanes) is 1. The number of ether oxygens (including phenoxy) is 1. The van der Waals surface area contributed by atoms with Crippen molar-refractivity contribution in [1.82, 2.24) is 4.90 Å². The first-order chi connectivity index (χ1) is 9.66. The van der Waals surface area contributed by atoms with Crippen LogP contribution in [0.1, 0.15) is 45.1 Å². The molecule has 0 saturated carbocycles. The first kappa shape index (κ1) is 15.0. The Labute approximate surface area is 121 Å². The highest BCUT2D eigenvalue weighted by Gasteiger charge is 2.38. The van der Waals surface area contributed by atoms with Gasteiger partial charge in [0.05, 0.1) is 0 Å². The van der Waals surface area contributed by atoms with E-state index in [1.54, 1.807) is 0 Å². The van der Waals surface area contributed by atoms with E-state index in [1.807, 2.05) is 18.2 Å². The molecule has 1 aliphatic heterocycles. The zero-order valence-electron chi connectivity index (χ0n) is 12.6. The number of benzene rings is 1. The Kier molecular flexibility index (Phi) is 5.18. The molecule has 0 amide bonds. The molecule has 1 aliphatic rings. The molecule has 1 heterocycles. The van der Waals surface area contributed by atoms with E-state index in [2.05, 4.69) is 24.0 Å². The fourth-order valence-electron chi connectivity index (χ4n) is 2.99. The number of carbonyl (C=O) groups excluding carboxylic acids is 1. The second-order valence-electron chi connectivity index (χ2n) is 5.65. The van der Waals surface area contributed by atoms with Crippen LogP contribution >= 0.6 is 0 Å². The number of piperidine rings is 1. The molecule has 0 aliphatic carbocycles. The highest BCUT2D eigenvalue weighted by atomic mass is 16.6. The molecule has 3 heteroatoms. The van der Waals surface area contributed by atoms with E-state index in [-0.39, 0.29) is 5.97 Å². The number of esters is 1. The third kappa shape index (κ3) is 3.60. The zero-order valence-corrected chi connectivity index (χ0v) is 12.6. The Morgan fingerprint density at radius 2 is 1.90 bits per heavy atom. The van der Waals surface area contributed by atoms with Gasteiger partial charge in [-0.2, -0.15) is 0 Å². The van der Waals surface area contributed by atoms with Crippen molar-refractivity contribution in [2.75, 3.05) is 19.6 Å². The molecule has 0 N–H and O–H groups in total. The van der Waals surface area contributed by atoms with Gasteiger partial charge < -0.3 is 9.64 Å². The molecule has 1 saturated heterocycles. The molecule has 2 rings (SSSR count). The van der Waals surface area contributed by atoms with Crippen molar-refractivity contribution in [2.45, 2.75) is 45.1 Å². The van der Waals surface area contributed by atoms with Crippen molar-refractivity contribution < 1.29 is 9.53 Å². The maximum atomic E-state index is 11.5. The van der Waals surface area contributed by atoms with Crippen molar-refractivity contribution >= 4 is 5.97 Å². The summed E-state index contributed by atoms with van der Waals surface area (Å²) in [6, 6.07) is 10.2. The lowest BCUT2D eigenvalue weighted by Gasteiger charge is -2.41. The van der Waals surface area contributed by atoms with E-state index >= 15 is 0 Å². The van der Waals surface area contributed by atoms with Gasteiger partial charge in [-0.05, 0) is 18.5 Å². The lowest BCUT2D eigenvalue weighted by molar-refractivity contribution is -0.164. The number of likely N-dealkylation sites (tertiary alicyclic amines) is 1. The molecule has 0 spiro atoms. The number of nitrogens with zero attached hydrogens (tertiary/aromatic N) is 1. The molecule has 1 aromatic carbocycles. The largest absolute Gasteiger partial charge is 0.454 e. The van der Waals surface area contributed by atoms with Gasteiger partial charge in [-0.3, -0.25) is 4.79 Å². The van der Waals surface area contributed by atoms with Crippen LogP contribution in [0.25, 0.3) is 0 Å². The summed E-state index contributed by atoms with van der Waals surface area (Å²) in [6.45, 7) is 6.89. The first-order valence-corrected chi connectivity index (χ1v) is 7.64. The van der Waals surface area contributed by atoms with Gasteiger partial charge in [0, 0.05) is 32.9 Å². The molecule has 20 heavy (non-hydrogen) atoms. The SMILES string of the molecule is CCCCN1CCC(OC(C)=O)(c2ccccc2)CC1. The monoisotopic (exact) mass is 275 g/mol. The molecular weight excluding hydrogens is 250 g/mol. The molecule has 0 atom stereocenters. The molecule has 0 radical (unpaired) electrons. The second-order valence-corrected chi connectivity index (χ2v) is 5.65. The van der Waals surface area contributed by atoms with E-state index in [9.17, 15) is 4.79 Å². The fourth-order valence-corrected chi connectivity index (χ4v) is 2.99. The lowest BCUT2D eigenvalue weighted by Crippen LogP contribution is -2.45. The summed E-state index contributed by atoms with van der Waals surface area (Å²) in [6.07, 6.45) is 4.25. The van der Waals surface area contributed by atoms with Crippen LogP contribution in [0.5, 0.6) is 0 Å². The molecule has 1 fully saturated rings. The minimum absolute atomic E-state index is 0.184.